The van der Waals surface area contributed by atoms with E-state index in [1.165, 1.54) is 19.3 Å². The van der Waals surface area contributed by atoms with Crippen LogP contribution in [0.5, 0.6) is 0 Å². The molecule has 0 aliphatic rings. The fourth-order valence-electron chi connectivity index (χ4n) is 2.21. The third-order valence-corrected chi connectivity index (χ3v) is 3.44. The van der Waals surface area contributed by atoms with Gasteiger partial charge in [-0.25, -0.2) is 9.59 Å². The maximum absolute atomic E-state index is 11.3. The third kappa shape index (κ3) is 7.97. The van der Waals surface area contributed by atoms with Crippen molar-refractivity contribution >= 4 is 11.9 Å². The SMILES string of the molecule is CCCCCCCC/C(C(=O)O)=C(/CCCC)C(=O)O. The molecular weight excluding hydrogens is 256 g/mol. The van der Waals surface area contributed by atoms with E-state index >= 15 is 0 Å². The van der Waals surface area contributed by atoms with E-state index in [0.717, 1.165) is 32.1 Å². The highest BCUT2D eigenvalue weighted by Gasteiger charge is 2.19. The number of aliphatic carboxylic acids is 2. The molecule has 0 aromatic carbocycles. The highest BCUT2D eigenvalue weighted by atomic mass is 16.4. The number of hydrogen-bond acceptors (Lipinski definition) is 2. The summed E-state index contributed by atoms with van der Waals surface area (Å²) in [4.78, 5) is 22.5. The van der Waals surface area contributed by atoms with E-state index < -0.39 is 11.9 Å². The summed E-state index contributed by atoms with van der Waals surface area (Å²) in [5.74, 6) is -2.16. The summed E-state index contributed by atoms with van der Waals surface area (Å²) in [6, 6.07) is 0. The van der Waals surface area contributed by atoms with Gasteiger partial charge in [-0.05, 0) is 25.7 Å². The van der Waals surface area contributed by atoms with Crippen molar-refractivity contribution in [1.29, 1.82) is 0 Å². The molecular formula is C16H28O4. The fourth-order valence-corrected chi connectivity index (χ4v) is 2.21. The summed E-state index contributed by atoms with van der Waals surface area (Å²) < 4.78 is 0. The van der Waals surface area contributed by atoms with Gasteiger partial charge in [-0.3, -0.25) is 0 Å². The van der Waals surface area contributed by atoms with E-state index in [-0.39, 0.29) is 11.1 Å². The number of rotatable bonds is 12. The maximum atomic E-state index is 11.3. The quantitative estimate of drug-likeness (QED) is 0.411. The first-order valence-corrected chi connectivity index (χ1v) is 7.73. The molecule has 0 aromatic heterocycles. The van der Waals surface area contributed by atoms with Crippen LogP contribution in [0.25, 0.3) is 0 Å². The molecule has 0 heterocycles. The Morgan fingerprint density at radius 3 is 1.50 bits per heavy atom. The van der Waals surface area contributed by atoms with Crippen LogP contribution in [0.2, 0.25) is 0 Å². The number of carboxylic acid groups (broad SMARTS) is 2. The highest BCUT2D eigenvalue weighted by Crippen LogP contribution is 2.20. The Morgan fingerprint density at radius 1 is 0.650 bits per heavy atom. The monoisotopic (exact) mass is 284 g/mol. The average molecular weight is 284 g/mol. The molecule has 116 valence electrons. The molecule has 0 aliphatic heterocycles. The van der Waals surface area contributed by atoms with Gasteiger partial charge in [0.25, 0.3) is 0 Å². The number of carboxylic acids is 2. The zero-order valence-corrected chi connectivity index (χ0v) is 12.8. The Labute approximate surface area is 121 Å². The molecule has 0 saturated carbocycles. The van der Waals surface area contributed by atoms with Gasteiger partial charge in [-0.1, -0.05) is 52.4 Å². The van der Waals surface area contributed by atoms with E-state index in [9.17, 15) is 19.8 Å². The zero-order chi connectivity index (χ0) is 15.4. The predicted molar refractivity (Wildman–Crippen MR) is 79.8 cm³/mol. The van der Waals surface area contributed by atoms with E-state index in [4.69, 9.17) is 0 Å². The lowest BCUT2D eigenvalue weighted by Crippen LogP contribution is -2.12. The summed E-state index contributed by atoms with van der Waals surface area (Å²) >= 11 is 0. The molecule has 4 nitrogen and oxygen atoms in total. The second-order valence-corrected chi connectivity index (χ2v) is 5.19. The van der Waals surface area contributed by atoms with Gasteiger partial charge in [0, 0.05) is 11.1 Å². The van der Waals surface area contributed by atoms with Gasteiger partial charge in [-0.2, -0.15) is 0 Å². The summed E-state index contributed by atoms with van der Waals surface area (Å²) in [6.07, 6.45) is 8.68. The summed E-state index contributed by atoms with van der Waals surface area (Å²) in [7, 11) is 0. The maximum Gasteiger partial charge on any atom is 0.332 e. The Morgan fingerprint density at radius 2 is 1.05 bits per heavy atom. The van der Waals surface area contributed by atoms with Crippen molar-refractivity contribution in [3.63, 3.8) is 0 Å². The number of hydrogen-bond donors (Lipinski definition) is 2. The molecule has 0 aliphatic carbocycles. The fraction of sp³-hybridized carbons (Fsp3) is 0.750. The van der Waals surface area contributed by atoms with Gasteiger partial charge in [-0.15, -0.1) is 0 Å². The number of unbranched alkanes of at least 4 members (excludes halogenated alkanes) is 6. The van der Waals surface area contributed by atoms with Gasteiger partial charge < -0.3 is 10.2 Å². The van der Waals surface area contributed by atoms with E-state index in [1.54, 1.807) is 0 Å². The topological polar surface area (TPSA) is 74.6 Å². The Balaban J connectivity index is 4.50. The van der Waals surface area contributed by atoms with Crippen LogP contribution in [0, 0.1) is 0 Å². The first kappa shape index (κ1) is 18.7. The lowest BCUT2D eigenvalue weighted by atomic mass is 9.97. The Bertz CT molecular complexity index is 331. The minimum absolute atomic E-state index is 0.0907. The lowest BCUT2D eigenvalue weighted by Gasteiger charge is -2.09. The molecule has 20 heavy (non-hydrogen) atoms. The van der Waals surface area contributed by atoms with Crippen LogP contribution in [0.4, 0.5) is 0 Å². The molecule has 0 unspecified atom stereocenters. The minimum atomic E-state index is -1.08. The molecule has 2 N–H and O–H groups in total. The molecule has 0 bridgehead atoms. The summed E-state index contributed by atoms with van der Waals surface area (Å²) in [6.45, 7) is 4.12. The standard InChI is InChI=1S/C16H28O4/c1-3-5-7-8-9-10-12-14(16(19)20)13(15(17)18)11-6-4-2/h3-12H2,1-2H3,(H,17,18)(H,19,20)/b14-13+. The zero-order valence-electron chi connectivity index (χ0n) is 12.8. The smallest absolute Gasteiger partial charge is 0.332 e. The molecule has 0 fully saturated rings. The van der Waals surface area contributed by atoms with E-state index in [2.05, 4.69) is 6.92 Å². The van der Waals surface area contributed by atoms with Crippen LogP contribution in [-0.2, 0) is 9.59 Å². The molecule has 0 radical (unpaired) electrons. The Kier molecular flexibility index (Phi) is 10.7. The van der Waals surface area contributed by atoms with Crippen molar-refractivity contribution in [3.8, 4) is 0 Å². The van der Waals surface area contributed by atoms with Gasteiger partial charge in [0.2, 0.25) is 0 Å². The second-order valence-electron chi connectivity index (χ2n) is 5.19. The first-order valence-electron chi connectivity index (χ1n) is 7.73. The van der Waals surface area contributed by atoms with Crippen molar-refractivity contribution in [2.45, 2.75) is 78.1 Å². The largest absolute Gasteiger partial charge is 0.478 e. The summed E-state index contributed by atoms with van der Waals surface area (Å²) in [5.41, 5.74) is 0.189. The van der Waals surface area contributed by atoms with Crippen molar-refractivity contribution in [2.75, 3.05) is 0 Å². The highest BCUT2D eigenvalue weighted by molar-refractivity contribution is 5.98. The van der Waals surface area contributed by atoms with Crippen LogP contribution in [0.3, 0.4) is 0 Å². The van der Waals surface area contributed by atoms with Crippen molar-refractivity contribution in [1.82, 2.24) is 0 Å². The van der Waals surface area contributed by atoms with Crippen molar-refractivity contribution in [3.05, 3.63) is 11.1 Å². The second kappa shape index (κ2) is 11.5. The summed E-state index contributed by atoms with van der Waals surface area (Å²) in [5, 5.41) is 18.4. The molecule has 0 rings (SSSR count). The molecule has 0 saturated heterocycles. The Hall–Kier alpha value is -1.32. The normalized spacial score (nSPS) is 12.1. The number of carbonyl (C=O) groups is 2. The first-order chi connectivity index (χ1) is 9.54. The third-order valence-electron chi connectivity index (χ3n) is 3.44. The minimum Gasteiger partial charge on any atom is -0.478 e. The van der Waals surface area contributed by atoms with Gasteiger partial charge in [0.05, 0.1) is 0 Å². The van der Waals surface area contributed by atoms with Crippen molar-refractivity contribution < 1.29 is 19.8 Å². The molecule has 4 heteroatoms. The lowest BCUT2D eigenvalue weighted by molar-refractivity contribution is -0.136. The van der Waals surface area contributed by atoms with Crippen LogP contribution in [0.15, 0.2) is 11.1 Å². The van der Waals surface area contributed by atoms with Crippen molar-refractivity contribution in [2.24, 2.45) is 0 Å². The van der Waals surface area contributed by atoms with Gasteiger partial charge in [0.15, 0.2) is 0 Å². The molecule has 0 spiro atoms. The van der Waals surface area contributed by atoms with Crippen LogP contribution < -0.4 is 0 Å². The van der Waals surface area contributed by atoms with E-state index in [0.29, 0.717) is 12.8 Å². The van der Waals surface area contributed by atoms with Crippen LogP contribution >= 0.6 is 0 Å². The molecule has 0 atom stereocenters. The average Bonchev–Trinajstić information content (AvgIpc) is 2.39. The van der Waals surface area contributed by atoms with Gasteiger partial charge >= 0.3 is 11.9 Å². The molecule has 0 aromatic rings. The van der Waals surface area contributed by atoms with Crippen LogP contribution in [-0.4, -0.2) is 22.2 Å². The van der Waals surface area contributed by atoms with Gasteiger partial charge in [0.1, 0.15) is 0 Å². The predicted octanol–water partition coefficient (Wildman–Crippen LogP) is 4.39. The van der Waals surface area contributed by atoms with Crippen LogP contribution in [0.1, 0.15) is 78.1 Å². The molecule has 0 amide bonds. The van der Waals surface area contributed by atoms with E-state index in [1.807, 2.05) is 6.92 Å².